The van der Waals surface area contributed by atoms with Gasteiger partial charge in [-0.3, -0.25) is 9.38 Å². The van der Waals surface area contributed by atoms with Crippen LogP contribution in [0.5, 0.6) is 0 Å². The second-order valence-electron chi connectivity index (χ2n) is 11.0. The zero-order valence-electron chi connectivity index (χ0n) is 22.0. The minimum absolute atomic E-state index is 0.935. The van der Waals surface area contributed by atoms with Gasteiger partial charge in [-0.15, -0.1) is 0 Å². The van der Waals surface area contributed by atoms with Crippen LogP contribution in [0.25, 0.3) is 77.0 Å². The SMILES string of the molecule is c1ccc(-n2c3c4c(ccc3c3ccc5c(c6ccncc6n6c7ccccc7nc56)c32)-c2ccccc2C4)cc1. The zero-order chi connectivity index (χ0) is 26.7. The summed E-state index contributed by atoms with van der Waals surface area (Å²) < 4.78 is 4.78. The van der Waals surface area contributed by atoms with Crippen molar-refractivity contribution in [3.63, 3.8) is 0 Å². The topological polar surface area (TPSA) is 35.1 Å². The summed E-state index contributed by atoms with van der Waals surface area (Å²) in [6.07, 6.45) is 4.83. The molecular weight excluding hydrogens is 500 g/mol. The first-order valence-electron chi connectivity index (χ1n) is 14.1. The minimum Gasteiger partial charge on any atom is -0.308 e. The van der Waals surface area contributed by atoms with Crippen molar-refractivity contribution in [3.05, 3.63) is 133 Å². The van der Waals surface area contributed by atoms with Crippen molar-refractivity contribution in [1.29, 1.82) is 0 Å². The molecule has 1 aliphatic carbocycles. The first kappa shape index (κ1) is 21.4. The van der Waals surface area contributed by atoms with E-state index < -0.39 is 0 Å². The summed E-state index contributed by atoms with van der Waals surface area (Å²) in [6.45, 7) is 0. The lowest BCUT2D eigenvalue weighted by atomic mass is 10.0. The first-order valence-corrected chi connectivity index (χ1v) is 14.1. The molecule has 0 aliphatic heterocycles. The van der Waals surface area contributed by atoms with Gasteiger partial charge in [0.25, 0.3) is 0 Å². The molecule has 0 saturated carbocycles. The summed E-state index contributed by atoms with van der Waals surface area (Å²) in [5.41, 5.74) is 13.3. The molecule has 0 N–H and O–H groups in total. The van der Waals surface area contributed by atoms with Crippen LogP contribution in [0.4, 0.5) is 0 Å². The van der Waals surface area contributed by atoms with Gasteiger partial charge in [0.1, 0.15) is 5.65 Å². The monoisotopic (exact) mass is 522 g/mol. The van der Waals surface area contributed by atoms with E-state index in [9.17, 15) is 0 Å². The summed E-state index contributed by atoms with van der Waals surface area (Å²) in [5.74, 6) is 0. The molecule has 0 spiro atoms. The average Bonchev–Trinajstić information content (AvgIpc) is 3.71. The molecule has 0 fully saturated rings. The highest BCUT2D eigenvalue weighted by atomic mass is 15.0. The molecule has 4 aromatic heterocycles. The van der Waals surface area contributed by atoms with Gasteiger partial charge in [0.15, 0.2) is 0 Å². The van der Waals surface area contributed by atoms with E-state index in [4.69, 9.17) is 4.98 Å². The standard InChI is InChI=1S/C37H22N4/c1-2-9-23(10-3-1)40-35-26(15-14-25-24-11-5-4-8-22(24)20-30(25)35)27-16-17-29-34(36(27)40)28-18-19-38-21-33(28)41-32-13-7-6-12-31(32)39-37(29)41/h1-19,21H,20H2. The number of fused-ring (bicyclic) bond motifs is 16. The number of hydrogen-bond acceptors (Lipinski definition) is 2. The van der Waals surface area contributed by atoms with Gasteiger partial charge in [0.05, 0.1) is 33.8 Å². The number of nitrogens with zero attached hydrogens (tertiary/aromatic N) is 4. The molecule has 9 aromatic rings. The van der Waals surface area contributed by atoms with Crippen molar-refractivity contribution in [3.8, 4) is 16.8 Å². The average molecular weight is 523 g/mol. The normalized spacial score (nSPS) is 12.8. The molecular formula is C37H22N4. The Hall–Kier alpha value is -5.48. The second kappa shape index (κ2) is 7.58. The maximum atomic E-state index is 5.17. The number of imidazole rings is 1. The van der Waals surface area contributed by atoms with Crippen LogP contribution < -0.4 is 0 Å². The Balaban J connectivity index is 1.49. The largest absolute Gasteiger partial charge is 0.308 e. The van der Waals surface area contributed by atoms with Gasteiger partial charge in [-0.2, -0.15) is 0 Å². The van der Waals surface area contributed by atoms with Crippen LogP contribution in [-0.4, -0.2) is 18.9 Å². The summed E-state index contributed by atoms with van der Waals surface area (Å²) >= 11 is 0. The van der Waals surface area contributed by atoms with Crippen LogP contribution in [0, 0.1) is 0 Å². The molecule has 4 nitrogen and oxygen atoms in total. The van der Waals surface area contributed by atoms with Gasteiger partial charge < -0.3 is 4.57 Å². The molecule has 190 valence electrons. The molecule has 4 heteroatoms. The van der Waals surface area contributed by atoms with Crippen molar-refractivity contribution in [2.24, 2.45) is 0 Å². The Labute approximate surface area is 234 Å². The van der Waals surface area contributed by atoms with Gasteiger partial charge >= 0.3 is 0 Å². The molecule has 0 saturated heterocycles. The number of benzene rings is 5. The van der Waals surface area contributed by atoms with Crippen LogP contribution in [0.2, 0.25) is 0 Å². The summed E-state index contributed by atoms with van der Waals surface area (Å²) in [5, 5.41) is 6.08. The number of para-hydroxylation sites is 3. The Morgan fingerprint density at radius 3 is 2.32 bits per heavy atom. The number of hydrogen-bond donors (Lipinski definition) is 0. The van der Waals surface area contributed by atoms with E-state index in [-0.39, 0.29) is 0 Å². The molecule has 5 aromatic carbocycles. The predicted octanol–water partition coefficient (Wildman–Crippen LogP) is 8.86. The maximum absolute atomic E-state index is 5.17. The second-order valence-corrected chi connectivity index (χ2v) is 11.0. The molecule has 0 radical (unpaired) electrons. The smallest absolute Gasteiger partial charge is 0.146 e. The van der Waals surface area contributed by atoms with Crippen molar-refractivity contribution in [1.82, 2.24) is 18.9 Å². The summed E-state index contributed by atoms with van der Waals surface area (Å²) in [6, 6.07) is 39.4. The Morgan fingerprint density at radius 1 is 0.585 bits per heavy atom. The molecule has 1 aliphatic rings. The molecule has 0 bridgehead atoms. The molecule has 0 atom stereocenters. The lowest BCUT2D eigenvalue weighted by molar-refractivity contribution is 1.16. The summed E-state index contributed by atoms with van der Waals surface area (Å²) in [7, 11) is 0. The molecule has 0 unspecified atom stereocenters. The van der Waals surface area contributed by atoms with Crippen LogP contribution in [0.15, 0.2) is 122 Å². The highest BCUT2D eigenvalue weighted by molar-refractivity contribution is 6.28. The van der Waals surface area contributed by atoms with E-state index in [0.29, 0.717) is 0 Å². The van der Waals surface area contributed by atoms with Crippen LogP contribution in [0.3, 0.4) is 0 Å². The fourth-order valence-electron chi connectivity index (χ4n) is 7.34. The lowest BCUT2D eigenvalue weighted by Crippen LogP contribution is -1.98. The highest BCUT2D eigenvalue weighted by Gasteiger charge is 2.26. The maximum Gasteiger partial charge on any atom is 0.146 e. The third-order valence-electron chi connectivity index (χ3n) is 9.00. The Bertz CT molecular complexity index is 2550. The fraction of sp³-hybridized carbons (Fsp3) is 0.0270. The molecule has 10 rings (SSSR count). The quantitative estimate of drug-likeness (QED) is 0.202. The number of rotatable bonds is 1. The number of aromatic nitrogens is 4. The van der Waals surface area contributed by atoms with Crippen molar-refractivity contribution >= 4 is 60.2 Å². The third kappa shape index (κ3) is 2.64. The van der Waals surface area contributed by atoms with Gasteiger partial charge in [-0.25, -0.2) is 4.98 Å². The fourth-order valence-corrected chi connectivity index (χ4v) is 7.34. The lowest BCUT2D eigenvalue weighted by Gasteiger charge is -2.14. The molecule has 0 amide bonds. The van der Waals surface area contributed by atoms with Crippen LogP contribution in [0.1, 0.15) is 11.1 Å². The zero-order valence-corrected chi connectivity index (χ0v) is 22.0. The van der Waals surface area contributed by atoms with Crippen molar-refractivity contribution < 1.29 is 0 Å². The van der Waals surface area contributed by atoms with E-state index in [2.05, 4.69) is 123 Å². The predicted molar refractivity (Wildman–Crippen MR) is 168 cm³/mol. The minimum atomic E-state index is 0.935. The van der Waals surface area contributed by atoms with Gasteiger partial charge in [0.2, 0.25) is 0 Å². The Kier molecular flexibility index (Phi) is 3.95. The van der Waals surface area contributed by atoms with E-state index in [1.807, 2.05) is 12.4 Å². The van der Waals surface area contributed by atoms with E-state index in [0.717, 1.165) is 34.0 Å². The Morgan fingerprint density at radius 2 is 1.37 bits per heavy atom. The van der Waals surface area contributed by atoms with Gasteiger partial charge in [-0.1, -0.05) is 72.8 Å². The third-order valence-corrected chi connectivity index (χ3v) is 9.00. The van der Waals surface area contributed by atoms with Crippen LogP contribution in [-0.2, 0) is 6.42 Å². The van der Waals surface area contributed by atoms with Crippen molar-refractivity contribution in [2.45, 2.75) is 6.42 Å². The highest BCUT2D eigenvalue weighted by Crippen LogP contribution is 2.46. The number of pyridine rings is 2. The summed E-state index contributed by atoms with van der Waals surface area (Å²) in [4.78, 5) is 9.74. The van der Waals surface area contributed by atoms with E-state index in [1.54, 1.807) is 0 Å². The van der Waals surface area contributed by atoms with E-state index >= 15 is 0 Å². The van der Waals surface area contributed by atoms with Gasteiger partial charge in [0, 0.05) is 45.2 Å². The van der Waals surface area contributed by atoms with Crippen LogP contribution >= 0.6 is 0 Å². The molecule has 4 heterocycles. The molecule has 41 heavy (non-hydrogen) atoms. The van der Waals surface area contributed by atoms with Gasteiger partial charge in [-0.05, 0) is 58.7 Å². The van der Waals surface area contributed by atoms with E-state index in [1.165, 1.54) is 60.5 Å². The first-order chi connectivity index (χ1) is 20.4. The van der Waals surface area contributed by atoms with Crippen molar-refractivity contribution in [2.75, 3.05) is 0 Å².